The van der Waals surface area contributed by atoms with Gasteiger partial charge in [0, 0.05) is 17.5 Å². The Labute approximate surface area is 118 Å². The second-order valence-electron chi connectivity index (χ2n) is 4.58. The largest absolute Gasteiger partial charge is 0.508 e. The standard InChI is InChI=1S/C16H18O4/c1-10(13-6-5-12(17)9-14(13)18)11-4-7-15(19-2)16(8-11)20-3/h4-10,17-18H,1-3H3. The summed E-state index contributed by atoms with van der Waals surface area (Å²) in [5, 5.41) is 19.3. The predicted octanol–water partition coefficient (Wildman–Crippen LogP) is 3.27. The second kappa shape index (κ2) is 5.74. The van der Waals surface area contributed by atoms with Gasteiger partial charge in [-0.3, -0.25) is 0 Å². The Morgan fingerprint density at radius 3 is 2.20 bits per heavy atom. The molecule has 0 saturated heterocycles. The highest BCUT2D eigenvalue weighted by molar-refractivity contribution is 5.49. The fraction of sp³-hybridized carbons (Fsp3) is 0.250. The molecule has 0 aliphatic rings. The predicted molar refractivity (Wildman–Crippen MR) is 76.8 cm³/mol. The van der Waals surface area contributed by atoms with Crippen LogP contribution in [0.4, 0.5) is 0 Å². The highest BCUT2D eigenvalue weighted by Gasteiger charge is 2.15. The molecule has 0 spiro atoms. The molecule has 0 saturated carbocycles. The molecule has 2 aromatic carbocycles. The molecule has 0 aromatic heterocycles. The number of ether oxygens (including phenoxy) is 2. The lowest BCUT2D eigenvalue weighted by Crippen LogP contribution is -1.98. The summed E-state index contributed by atoms with van der Waals surface area (Å²) in [7, 11) is 3.18. The molecule has 0 aliphatic carbocycles. The maximum absolute atomic E-state index is 9.93. The minimum atomic E-state index is -0.0320. The van der Waals surface area contributed by atoms with E-state index in [1.807, 2.05) is 25.1 Å². The summed E-state index contributed by atoms with van der Waals surface area (Å²) in [5.41, 5.74) is 1.73. The third-order valence-electron chi connectivity index (χ3n) is 3.39. The quantitative estimate of drug-likeness (QED) is 0.898. The van der Waals surface area contributed by atoms with Crippen molar-refractivity contribution in [1.82, 2.24) is 0 Å². The average Bonchev–Trinajstić information content (AvgIpc) is 2.45. The summed E-state index contributed by atoms with van der Waals surface area (Å²) < 4.78 is 10.5. The maximum Gasteiger partial charge on any atom is 0.161 e. The Bertz CT molecular complexity index is 607. The van der Waals surface area contributed by atoms with Crippen LogP contribution in [0.1, 0.15) is 24.0 Å². The van der Waals surface area contributed by atoms with E-state index in [9.17, 15) is 10.2 Å². The number of phenolic OH excluding ortho intramolecular Hbond substituents is 2. The van der Waals surface area contributed by atoms with Gasteiger partial charge in [0.1, 0.15) is 11.5 Å². The van der Waals surface area contributed by atoms with Gasteiger partial charge in [-0.05, 0) is 23.8 Å². The minimum absolute atomic E-state index is 0.0320. The van der Waals surface area contributed by atoms with E-state index in [-0.39, 0.29) is 17.4 Å². The zero-order chi connectivity index (χ0) is 14.7. The SMILES string of the molecule is COc1ccc(C(C)c2ccc(O)cc2O)cc1OC. The fourth-order valence-electron chi connectivity index (χ4n) is 2.20. The monoisotopic (exact) mass is 274 g/mol. The molecule has 0 amide bonds. The van der Waals surface area contributed by atoms with Gasteiger partial charge < -0.3 is 19.7 Å². The summed E-state index contributed by atoms with van der Waals surface area (Å²) in [6.45, 7) is 1.98. The van der Waals surface area contributed by atoms with Gasteiger partial charge in [-0.15, -0.1) is 0 Å². The van der Waals surface area contributed by atoms with Gasteiger partial charge >= 0.3 is 0 Å². The molecule has 0 aliphatic heterocycles. The third kappa shape index (κ3) is 2.64. The number of aromatic hydroxyl groups is 2. The van der Waals surface area contributed by atoms with E-state index < -0.39 is 0 Å². The van der Waals surface area contributed by atoms with Crippen LogP contribution in [0.3, 0.4) is 0 Å². The molecule has 2 aromatic rings. The molecule has 1 unspecified atom stereocenters. The first-order chi connectivity index (χ1) is 9.56. The van der Waals surface area contributed by atoms with Gasteiger partial charge in [-0.25, -0.2) is 0 Å². The molecular formula is C16H18O4. The fourth-order valence-corrected chi connectivity index (χ4v) is 2.20. The van der Waals surface area contributed by atoms with E-state index in [0.717, 1.165) is 11.1 Å². The zero-order valence-electron chi connectivity index (χ0n) is 11.8. The first-order valence-electron chi connectivity index (χ1n) is 6.30. The highest BCUT2D eigenvalue weighted by atomic mass is 16.5. The first-order valence-corrected chi connectivity index (χ1v) is 6.30. The number of phenols is 2. The number of hydrogen-bond acceptors (Lipinski definition) is 4. The topological polar surface area (TPSA) is 58.9 Å². The zero-order valence-corrected chi connectivity index (χ0v) is 11.8. The van der Waals surface area contributed by atoms with Gasteiger partial charge in [0.25, 0.3) is 0 Å². The lowest BCUT2D eigenvalue weighted by molar-refractivity contribution is 0.354. The summed E-state index contributed by atoms with van der Waals surface area (Å²) in [4.78, 5) is 0. The molecule has 0 bridgehead atoms. The van der Waals surface area contributed by atoms with Gasteiger partial charge in [0.05, 0.1) is 14.2 Å². The number of benzene rings is 2. The Morgan fingerprint density at radius 2 is 1.60 bits per heavy atom. The van der Waals surface area contributed by atoms with Gasteiger partial charge in [-0.1, -0.05) is 19.1 Å². The van der Waals surface area contributed by atoms with Gasteiger partial charge in [-0.2, -0.15) is 0 Å². The van der Waals surface area contributed by atoms with E-state index in [0.29, 0.717) is 11.5 Å². The highest BCUT2D eigenvalue weighted by Crippen LogP contribution is 2.36. The maximum atomic E-state index is 9.93. The van der Waals surface area contributed by atoms with Crippen molar-refractivity contribution in [1.29, 1.82) is 0 Å². The average molecular weight is 274 g/mol. The summed E-state index contributed by atoms with van der Waals surface area (Å²) in [6, 6.07) is 10.3. The molecule has 0 heterocycles. The van der Waals surface area contributed by atoms with Crippen molar-refractivity contribution in [2.45, 2.75) is 12.8 Å². The summed E-state index contributed by atoms with van der Waals surface area (Å²) >= 11 is 0. The van der Waals surface area contributed by atoms with Crippen molar-refractivity contribution in [3.8, 4) is 23.0 Å². The summed E-state index contributed by atoms with van der Waals surface area (Å²) in [6.07, 6.45) is 0. The van der Waals surface area contributed by atoms with Crippen LogP contribution < -0.4 is 9.47 Å². The van der Waals surface area contributed by atoms with E-state index in [2.05, 4.69) is 0 Å². The van der Waals surface area contributed by atoms with Crippen LogP contribution in [0.15, 0.2) is 36.4 Å². The van der Waals surface area contributed by atoms with Crippen molar-refractivity contribution >= 4 is 0 Å². The van der Waals surface area contributed by atoms with E-state index in [1.165, 1.54) is 6.07 Å². The third-order valence-corrected chi connectivity index (χ3v) is 3.39. The van der Waals surface area contributed by atoms with Crippen LogP contribution in [0.5, 0.6) is 23.0 Å². The first kappa shape index (κ1) is 14.1. The molecule has 4 heteroatoms. The second-order valence-corrected chi connectivity index (χ2v) is 4.58. The van der Waals surface area contributed by atoms with Gasteiger partial charge in [0.2, 0.25) is 0 Å². The van der Waals surface area contributed by atoms with Crippen LogP contribution in [0.25, 0.3) is 0 Å². The van der Waals surface area contributed by atoms with Crippen LogP contribution in [-0.2, 0) is 0 Å². The Balaban J connectivity index is 2.40. The lowest BCUT2D eigenvalue weighted by atomic mass is 9.92. The van der Waals surface area contributed by atoms with Gasteiger partial charge in [0.15, 0.2) is 11.5 Å². The van der Waals surface area contributed by atoms with Crippen LogP contribution in [0, 0.1) is 0 Å². The molecule has 2 rings (SSSR count). The van der Waals surface area contributed by atoms with Crippen LogP contribution >= 0.6 is 0 Å². The Morgan fingerprint density at radius 1 is 0.900 bits per heavy atom. The Kier molecular flexibility index (Phi) is 4.03. The van der Waals surface area contributed by atoms with E-state index >= 15 is 0 Å². The van der Waals surface area contributed by atoms with Crippen molar-refractivity contribution in [2.24, 2.45) is 0 Å². The lowest BCUT2D eigenvalue weighted by Gasteiger charge is -2.16. The number of methoxy groups -OCH3 is 2. The van der Waals surface area contributed by atoms with Crippen molar-refractivity contribution in [2.75, 3.05) is 14.2 Å². The van der Waals surface area contributed by atoms with Crippen molar-refractivity contribution in [3.63, 3.8) is 0 Å². The molecule has 0 fully saturated rings. The van der Waals surface area contributed by atoms with Crippen LogP contribution in [-0.4, -0.2) is 24.4 Å². The smallest absolute Gasteiger partial charge is 0.161 e. The number of hydrogen-bond donors (Lipinski definition) is 2. The molecule has 4 nitrogen and oxygen atoms in total. The van der Waals surface area contributed by atoms with Crippen molar-refractivity contribution < 1.29 is 19.7 Å². The Hall–Kier alpha value is -2.36. The molecule has 106 valence electrons. The van der Waals surface area contributed by atoms with Crippen molar-refractivity contribution in [3.05, 3.63) is 47.5 Å². The minimum Gasteiger partial charge on any atom is -0.508 e. The molecular weight excluding hydrogens is 256 g/mol. The molecule has 1 atom stereocenters. The molecule has 20 heavy (non-hydrogen) atoms. The van der Waals surface area contributed by atoms with Crippen LogP contribution in [0.2, 0.25) is 0 Å². The normalized spacial score (nSPS) is 11.9. The summed E-state index contributed by atoms with van der Waals surface area (Å²) in [5.74, 6) is 1.40. The molecule has 2 N–H and O–H groups in total. The molecule has 0 radical (unpaired) electrons. The number of rotatable bonds is 4. The van der Waals surface area contributed by atoms with E-state index in [1.54, 1.807) is 26.4 Å². The van der Waals surface area contributed by atoms with E-state index in [4.69, 9.17) is 9.47 Å².